The van der Waals surface area contributed by atoms with Gasteiger partial charge in [0, 0.05) is 45.1 Å². The molecule has 1 spiro atoms. The fourth-order valence-corrected chi connectivity index (χ4v) is 5.09. The average Bonchev–Trinajstić information content (AvgIpc) is 2.77. The molecular formula is C23H26Cl2FN3O5. The van der Waals surface area contributed by atoms with Gasteiger partial charge in [-0.05, 0) is 31.7 Å². The van der Waals surface area contributed by atoms with Gasteiger partial charge >= 0.3 is 0 Å². The van der Waals surface area contributed by atoms with Gasteiger partial charge in [0.05, 0.1) is 10.6 Å². The lowest BCUT2D eigenvalue weighted by atomic mass is 9.66. The highest BCUT2D eigenvalue weighted by Gasteiger charge is 2.52. The van der Waals surface area contributed by atoms with Crippen LogP contribution in [0.2, 0.25) is 5.02 Å². The Labute approximate surface area is 207 Å². The van der Waals surface area contributed by atoms with E-state index in [0.717, 1.165) is 0 Å². The second-order valence-corrected chi connectivity index (χ2v) is 9.02. The van der Waals surface area contributed by atoms with Crippen LogP contribution in [0.3, 0.4) is 0 Å². The lowest BCUT2D eigenvalue weighted by Gasteiger charge is -2.54. The molecule has 0 saturated heterocycles. The maximum Gasteiger partial charge on any atom is 0.274 e. The van der Waals surface area contributed by atoms with Crippen molar-refractivity contribution in [3.63, 3.8) is 0 Å². The van der Waals surface area contributed by atoms with Gasteiger partial charge in [-0.25, -0.2) is 4.39 Å². The second kappa shape index (κ2) is 9.93. The molecule has 1 aromatic carbocycles. The Morgan fingerprint density at radius 3 is 2.71 bits per heavy atom. The van der Waals surface area contributed by atoms with Crippen molar-refractivity contribution < 1.29 is 23.8 Å². The number of aromatic nitrogens is 1. The number of fused-ring (bicyclic) bond motifs is 2. The van der Waals surface area contributed by atoms with Crippen LogP contribution in [0.4, 0.5) is 4.39 Å². The number of amides is 2. The highest BCUT2D eigenvalue weighted by molar-refractivity contribution is 6.30. The topological polar surface area (TPSA) is 101 Å². The Hall–Kier alpha value is -2.62. The Balaban J connectivity index is 0.00000324. The number of nitrogens with one attached hydrogen (secondary N) is 1. The van der Waals surface area contributed by atoms with Crippen LogP contribution in [0.1, 0.15) is 46.2 Å². The Morgan fingerprint density at radius 2 is 2.06 bits per heavy atom. The van der Waals surface area contributed by atoms with Crippen LogP contribution in [0.25, 0.3) is 0 Å². The van der Waals surface area contributed by atoms with Gasteiger partial charge in [0.15, 0.2) is 11.4 Å². The monoisotopic (exact) mass is 513 g/mol. The summed E-state index contributed by atoms with van der Waals surface area (Å²) in [6, 6.07) is 4.41. The Morgan fingerprint density at radius 1 is 1.35 bits per heavy atom. The van der Waals surface area contributed by atoms with Crippen LogP contribution in [0.15, 0.2) is 29.2 Å². The van der Waals surface area contributed by atoms with Gasteiger partial charge in [-0.2, -0.15) is 0 Å². The highest BCUT2D eigenvalue weighted by Crippen LogP contribution is 2.48. The van der Waals surface area contributed by atoms with Gasteiger partial charge in [0.25, 0.3) is 11.8 Å². The van der Waals surface area contributed by atoms with Crippen molar-refractivity contribution >= 4 is 35.8 Å². The summed E-state index contributed by atoms with van der Waals surface area (Å²) in [6.45, 7) is 3.03. The first-order chi connectivity index (χ1) is 15.7. The van der Waals surface area contributed by atoms with Gasteiger partial charge in [0.2, 0.25) is 5.43 Å². The van der Waals surface area contributed by atoms with Crippen molar-refractivity contribution in [1.82, 2.24) is 14.8 Å². The first kappa shape index (κ1) is 26.0. The normalized spacial score (nSPS) is 21.0. The number of hydrogen-bond donors (Lipinski definition) is 2. The van der Waals surface area contributed by atoms with E-state index in [4.69, 9.17) is 16.3 Å². The molecule has 11 heteroatoms. The van der Waals surface area contributed by atoms with Crippen LogP contribution >= 0.6 is 24.0 Å². The highest BCUT2D eigenvalue weighted by atomic mass is 35.5. The predicted molar refractivity (Wildman–Crippen MR) is 126 cm³/mol. The lowest BCUT2D eigenvalue weighted by Crippen LogP contribution is -2.61. The van der Waals surface area contributed by atoms with Crippen LogP contribution in [0.5, 0.6) is 5.75 Å². The molecule has 1 saturated carbocycles. The summed E-state index contributed by atoms with van der Waals surface area (Å²) in [4.78, 5) is 40.2. The summed E-state index contributed by atoms with van der Waals surface area (Å²) in [5.41, 5.74) is -1.75. The van der Waals surface area contributed by atoms with Crippen molar-refractivity contribution in [2.75, 3.05) is 26.8 Å². The SMILES string of the molecule is CCN1CC2(CC(COC)C2)n2cc(C(=O)NCc3cccc(Cl)c3F)c(=O)c(O)c2C1=O.Cl. The molecule has 4 rings (SSSR count). The van der Waals surface area contributed by atoms with Gasteiger partial charge < -0.3 is 24.6 Å². The second-order valence-electron chi connectivity index (χ2n) is 8.61. The van der Waals surface area contributed by atoms with Crippen molar-refractivity contribution in [3.8, 4) is 5.75 Å². The summed E-state index contributed by atoms with van der Waals surface area (Å²) in [5.74, 6) is -2.39. The average molecular weight is 514 g/mol. The number of halogens is 3. The lowest BCUT2D eigenvalue weighted by molar-refractivity contribution is -0.0224. The zero-order valence-corrected chi connectivity index (χ0v) is 20.3. The number of hydrogen-bond acceptors (Lipinski definition) is 5. The van der Waals surface area contributed by atoms with E-state index in [1.54, 1.807) is 22.6 Å². The molecule has 1 fully saturated rings. The molecule has 0 unspecified atom stereocenters. The number of pyridine rings is 1. The molecule has 0 atom stereocenters. The summed E-state index contributed by atoms with van der Waals surface area (Å²) in [7, 11) is 1.62. The van der Waals surface area contributed by atoms with E-state index < -0.39 is 34.3 Å². The fraction of sp³-hybridized carbons (Fsp3) is 0.435. The molecule has 1 aromatic heterocycles. The number of likely N-dealkylation sites (N-methyl/N-ethyl adjacent to an activating group) is 1. The molecule has 1 aliphatic carbocycles. The minimum absolute atomic E-state index is 0. The molecule has 2 aliphatic rings. The zero-order valence-electron chi connectivity index (χ0n) is 18.8. The third-order valence-corrected chi connectivity index (χ3v) is 6.80. The van der Waals surface area contributed by atoms with Gasteiger partial charge in [-0.3, -0.25) is 14.4 Å². The van der Waals surface area contributed by atoms with Crippen molar-refractivity contribution in [2.45, 2.75) is 31.8 Å². The van der Waals surface area contributed by atoms with Gasteiger partial charge in [0.1, 0.15) is 11.4 Å². The van der Waals surface area contributed by atoms with E-state index in [1.165, 1.54) is 18.3 Å². The van der Waals surface area contributed by atoms with E-state index in [0.29, 0.717) is 32.5 Å². The standard InChI is InChI=1S/C23H25ClFN3O5.ClH/c1-3-27-12-23(7-13(8-23)11-33-2)28-10-15(19(29)20(30)18(28)22(27)32)21(31)26-9-14-5-4-6-16(24)17(14)25;/h4-6,10,13,30H,3,7-9,11-12H2,1-2H3,(H,26,31);1H. The van der Waals surface area contributed by atoms with Crippen molar-refractivity contribution in [1.29, 1.82) is 0 Å². The van der Waals surface area contributed by atoms with Crippen LogP contribution in [-0.4, -0.2) is 53.2 Å². The molecule has 2 aromatic rings. The fourth-order valence-electron chi connectivity index (χ4n) is 4.90. The molecule has 2 N–H and O–H groups in total. The minimum Gasteiger partial charge on any atom is -0.503 e. The molecule has 184 valence electrons. The third-order valence-electron chi connectivity index (χ3n) is 6.51. The molecule has 8 nitrogen and oxygen atoms in total. The van der Waals surface area contributed by atoms with Gasteiger partial charge in [-0.1, -0.05) is 23.7 Å². The minimum atomic E-state index is -0.945. The van der Waals surface area contributed by atoms with Crippen LogP contribution in [-0.2, 0) is 16.8 Å². The maximum absolute atomic E-state index is 14.1. The number of carbonyl (C=O) groups is 2. The van der Waals surface area contributed by atoms with E-state index in [-0.39, 0.29) is 46.7 Å². The van der Waals surface area contributed by atoms with Gasteiger partial charge in [-0.15, -0.1) is 12.4 Å². The molecule has 2 amide bonds. The zero-order chi connectivity index (χ0) is 23.9. The summed E-state index contributed by atoms with van der Waals surface area (Å²) in [6.07, 6.45) is 2.69. The third kappa shape index (κ3) is 4.28. The number of ether oxygens (including phenoxy) is 1. The largest absolute Gasteiger partial charge is 0.503 e. The smallest absolute Gasteiger partial charge is 0.274 e. The van der Waals surface area contributed by atoms with Crippen molar-refractivity contribution in [3.05, 3.63) is 62.3 Å². The number of aromatic hydroxyl groups is 1. The number of benzene rings is 1. The predicted octanol–water partition coefficient (Wildman–Crippen LogP) is 2.93. The molecular weight excluding hydrogens is 488 g/mol. The molecule has 0 bridgehead atoms. The molecule has 2 heterocycles. The number of methoxy groups -OCH3 is 1. The quantitative estimate of drug-likeness (QED) is 0.618. The molecule has 1 aliphatic heterocycles. The number of nitrogens with zero attached hydrogens (tertiary/aromatic N) is 2. The maximum atomic E-state index is 14.1. The van der Waals surface area contributed by atoms with E-state index >= 15 is 0 Å². The number of carbonyl (C=O) groups excluding carboxylic acids is 2. The summed E-state index contributed by atoms with van der Waals surface area (Å²) < 4.78 is 21.0. The molecule has 0 radical (unpaired) electrons. The van der Waals surface area contributed by atoms with E-state index in [9.17, 15) is 23.9 Å². The van der Waals surface area contributed by atoms with E-state index in [2.05, 4.69) is 5.32 Å². The summed E-state index contributed by atoms with van der Waals surface area (Å²) >= 11 is 5.78. The summed E-state index contributed by atoms with van der Waals surface area (Å²) in [5, 5.41) is 13.1. The Bertz CT molecular complexity index is 1180. The number of rotatable bonds is 6. The van der Waals surface area contributed by atoms with Crippen LogP contribution < -0.4 is 10.7 Å². The first-order valence-electron chi connectivity index (χ1n) is 10.7. The van der Waals surface area contributed by atoms with Crippen LogP contribution in [0, 0.1) is 11.7 Å². The first-order valence-corrected chi connectivity index (χ1v) is 11.1. The molecule has 34 heavy (non-hydrogen) atoms. The Kier molecular flexibility index (Phi) is 7.59. The van der Waals surface area contributed by atoms with E-state index in [1.807, 2.05) is 6.92 Å². The van der Waals surface area contributed by atoms with Crippen molar-refractivity contribution in [2.24, 2.45) is 5.92 Å².